The van der Waals surface area contributed by atoms with Gasteiger partial charge < -0.3 is 13.2 Å². The molecule has 0 saturated carbocycles. The molecule has 0 unspecified atom stereocenters. The summed E-state index contributed by atoms with van der Waals surface area (Å²) in [5.74, 6) is 0. The number of rotatable bonds is 0. The van der Waals surface area contributed by atoms with Crippen LogP contribution in [0.25, 0.3) is 0 Å². The fourth-order valence-electron chi connectivity index (χ4n) is 0. The van der Waals surface area contributed by atoms with E-state index in [2.05, 4.69) is 26.3 Å². The third-order valence-corrected chi connectivity index (χ3v) is 0. The molecule has 0 fully saturated rings. The molecule has 0 aliphatic rings. The summed E-state index contributed by atoms with van der Waals surface area (Å²) in [4.78, 5) is 0. The monoisotopic (exact) mass is 196 g/mol. The molecule has 0 aliphatic carbocycles. The van der Waals surface area contributed by atoms with Gasteiger partial charge in [-0.3, -0.25) is 13.2 Å². The van der Waals surface area contributed by atoms with Crippen LogP contribution >= 0.6 is 12.4 Å². The van der Waals surface area contributed by atoms with Crippen molar-refractivity contribution in [3.8, 4) is 0 Å². The van der Waals surface area contributed by atoms with Gasteiger partial charge in [-0.25, -0.2) is 0 Å². The largest absolute Gasteiger partial charge is 2.00 e. The molecule has 0 bridgehead atoms. The Balaban J connectivity index is -0.00000000500. The molecule has 0 N–H and O–H groups in total. The van der Waals surface area contributed by atoms with Crippen molar-refractivity contribution in [3.63, 3.8) is 0 Å². The molecule has 0 atom stereocenters. The van der Waals surface area contributed by atoms with Crippen LogP contribution in [0.3, 0.4) is 0 Å². The normalized spacial score (nSPS) is 1.33. The zero-order valence-electron chi connectivity index (χ0n) is 3.29. The van der Waals surface area contributed by atoms with Crippen LogP contribution in [0.1, 0.15) is 0 Å². The zero-order chi connectivity index (χ0) is 4.00. The summed E-state index contributed by atoms with van der Waals surface area (Å²) in [5.41, 5.74) is 0. The second kappa shape index (κ2) is 571. The molecule has 0 aromatic rings. The van der Waals surface area contributed by atoms with Gasteiger partial charge in [0.05, 0.1) is 0 Å². The second-order valence-electron chi connectivity index (χ2n) is 0. The second-order valence-corrected chi connectivity index (χ2v) is 0. The van der Waals surface area contributed by atoms with E-state index in [1.54, 1.807) is 0 Å². The Bertz CT molecular complexity index is 9.51. The third-order valence-electron chi connectivity index (χ3n) is 0. The minimum Gasteiger partial charge on any atom is -0.521 e. The molecule has 0 heterocycles. The summed E-state index contributed by atoms with van der Waals surface area (Å²) in [6.45, 7) is 14.0. The minimum absolute atomic E-state index is 0. The fraction of sp³-hybridized carbons (Fsp3) is 0. The van der Waals surface area contributed by atoms with Crippen molar-refractivity contribution in [1.82, 2.24) is 0 Å². The molecule has 6 heavy (non-hydrogen) atoms. The van der Waals surface area contributed by atoms with E-state index in [4.69, 9.17) is 0 Å². The van der Waals surface area contributed by atoms with Crippen molar-refractivity contribution in [2.75, 3.05) is 0 Å². The molecule has 0 aromatic heterocycles. The van der Waals surface area contributed by atoms with E-state index in [-0.39, 0.29) is 32.8 Å². The summed E-state index contributed by atoms with van der Waals surface area (Å²) >= 11 is 0. The molecular weight excluding hydrogens is 190 g/mol. The van der Waals surface area contributed by atoms with Gasteiger partial charge in [-0.15, -0.1) is 12.4 Å². The van der Waals surface area contributed by atoms with Crippen LogP contribution in [0.5, 0.6) is 0 Å². The fourth-order valence-corrected chi connectivity index (χ4v) is 0. The van der Waals surface area contributed by atoms with E-state index < -0.39 is 0 Å². The minimum atomic E-state index is 0. The van der Waals surface area contributed by atoms with E-state index in [0.717, 1.165) is 0 Å². The quantitative estimate of drug-likeness (QED) is 0.409. The molecule has 2 heteroatoms. The van der Waals surface area contributed by atoms with E-state index in [0.29, 0.717) is 0 Å². The van der Waals surface area contributed by atoms with Crippen LogP contribution < -0.4 is 0 Å². The summed E-state index contributed by atoms with van der Waals surface area (Å²) in [7, 11) is 0. The Morgan fingerprint density at radius 2 is 0.833 bits per heavy atom. The van der Waals surface area contributed by atoms with Crippen LogP contribution in [-0.2, 0) is 20.4 Å². The van der Waals surface area contributed by atoms with E-state index in [1.807, 2.05) is 0 Å². The van der Waals surface area contributed by atoms with Crippen LogP contribution in [0.2, 0.25) is 0 Å². The van der Waals surface area contributed by atoms with Crippen molar-refractivity contribution in [1.29, 1.82) is 0 Å². The Kier molecular flexibility index (Phi) is 3050. The average molecular weight is 197 g/mol. The van der Waals surface area contributed by atoms with Crippen molar-refractivity contribution in [3.05, 3.63) is 26.3 Å². The summed E-state index contributed by atoms with van der Waals surface area (Å²) in [5, 5.41) is 0. The van der Waals surface area contributed by atoms with Crippen LogP contribution in [0, 0.1) is 13.2 Å². The first-order valence-corrected chi connectivity index (χ1v) is 0.816. The first-order chi connectivity index (χ1) is 2.00. The molecule has 40 valence electrons. The van der Waals surface area contributed by atoms with Crippen molar-refractivity contribution in [2.45, 2.75) is 0 Å². The maximum Gasteiger partial charge on any atom is 2.00 e. The van der Waals surface area contributed by atoms with E-state index in [9.17, 15) is 0 Å². The van der Waals surface area contributed by atoms with Gasteiger partial charge in [-0.2, -0.15) is 0 Å². The molecule has 0 aromatic carbocycles. The SMILES string of the molecule is Cl.[CH-]=C.[CH-]=C.[Pd+2]. The Hall–Kier alpha value is 0.432. The van der Waals surface area contributed by atoms with Gasteiger partial charge >= 0.3 is 20.4 Å². The van der Waals surface area contributed by atoms with Crippen LogP contribution in [-0.4, -0.2) is 0 Å². The maximum atomic E-state index is 4.25. The van der Waals surface area contributed by atoms with Crippen LogP contribution in [0.4, 0.5) is 0 Å². The predicted octanol–water partition coefficient (Wildman–Crippen LogP) is 1.63. The molecule has 0 amide bonds. The van der Waals surface area contributed by atoms with Crippen molar-refractivity contribution in [2.24, 2.45) is 0 Å². The summed E-state index contributed by atoms with van der Waals surface area (Å²) in [6, 6.07) is 0. The molecule has 0 saturated heterocycles. The van der Waals surface area contributed by atoms with Gasteiger partial charge in [-0.05, 0) is 0 Å². The Morgan fingerprint density at radius 1 is 0.833 bits per heavy atom. The number of halogens is 1. The van der Waals surface area contributed by atoms with Gasteiger partial charge in [0.15, 0.2) is 0 Å². The Labute approximate surface area is 59.4 Å². The van der Waals surface area contributed by atoms with Gasteiger partial charge in [-0.1, -0.05) is 0 Å². The first-order valence-electron chi connectivity index (χ1n) is 0.816. The molecule has 0 nitrogen and oxygen atoms in total. The molecular formula is C4H7ClPd. The molecule has 0 spiro atoms. The van der Waals surface area contributed by atoms with E-state index in [1.165, 1.54) is 0 Å². The average Bonchev–Trinajstić information content (AvgIpc) is 1.50. The number of hydrogen-bond acceptors (Lipinski definition) is 0. The number of hydrogen-bond donors (Lipinski definition) is 0. The van der Waals surface area contributed by atoms with Gasteiger partial charge in [0.1, 0.15) is 0 Å². The maximum absolute atomic E-state index is 4.25. The van der Waals surface area contributed by atoms with Gasteiger partial charge in [0.2, 0.25) is 0 Å². The Morgan fingerprint density at radius 3 is 0.833 bits per heavy atom. The third kappa shape index (κ3) is 279. The van der Waals surface area contributed by atoms with Gasteiger partial charge in [0.25, 0.3) is 0 Å². The topological polar surface area (TPSA) is 0 Å². The zero-order valence-corrected chi connectivity index (χ0v) is 5.66. The molecule has 0 rings (SSSR count). The van der Waals surface area contributed by atoms with Gasteiger partial charge in [0, 0.05) is 0 Å². The molecule has 0 radical (unpaired) electrons. The standard InChI is InChI=1S/2C2H3.ClH.Pd/c2*1-2;;/h2*1H,2H2;1H;/q2*-1;;+2. The summed E-state index contributed by atoms with van der Waals surface area (Å²) in [6.07, 6.45) is 0. The summed E-state index contributed by atoms with van der Waals surface area (Å²) < 4.78 is 0. The van der Waals surface area contributed by atoms with Crippen LogP contribution in [0.15, 0.2) is 13.2 Å². The predicted molar refractivity (Wildman–Crippen MR) is 27.1 cm³/mol. The van der Waals surface area contributed by atoms with E-state index >= 15 is 0 Å². The smallest absolute Gasteiger partial charge is 0.521 e. The van der Waals surface area contributed by atoms with Crippen molar-refractivity contribution < 1.29 is 20.4 Å². The molecule has 0 aliphatic heterocycles. The first kappa shape index (κ1) is 32.1. The van der Waals surface area contributed by atoms with Crippen molar-refractivity contribution >= 4 is 12.4 Å².